The number of hydrogen-bond donors (Lipinski definition) is 1. The van der Waals surface area contributed by atoms with Gasteiger partial charge in [0, 0.05) is 29.6 Å². The van der Waals surface area contributed by atoms with E-state index in [1.54, 1.807) is 11.8 Å². The second-order valence-electron chi connectivity index (χ2n) is 1.83. The third-order valence-corrected chi connectivity index (χ3v) is 3.00. The molecule has 0 aliphatic carbocycles. The van der Waals surface area contributed by atoms with Crippen LogP contribution in [0, 0.1) is 0 Å². The van der Waals surface area contributed by atoms with E-state index in [2.05, 4.69) is 9.59 Å². The number of nitrogens with zero attached hydrogens (tertiary/aromatic N) is 2. The lowest BCUT2D eigenvalue weighted by atomic mass is 10.6. The lowest BCUT2D eigenvalue weighted by Crippen LogP contribution is -2.01. The molecule has 0 bridgehead atoms. The highest BCUT2D eigenvalue weighted by Gasteiger charge is 2.03. The van der Waals surface area contributed by atoms with Crippen LogP contribution in [0.25, 0.3) is 0 Å². The number of rotatable bonds is 4. The number of aromatic nitrogens is 2. The topological polar surface area (TPSA) is 51.8 Å². The van der Waals surface area contributed by atoms with Crippen molar-refractivity contribution < 1.29 is 0 Å². The molecule has 0 unspecified atom stereocenters. The zero-order valence-corrected chi connectivity index (χ0v) is 8.18. The van der Waals surface area contributed by atoms with Gasteiger partial charge in [0.2, 0.25) is 0 Å². The number of thioether (sulfide) groups is 1. The Morgan fingerprint density at radius 2 is 2.45 bits per heavy atom. The molecule has 1 aromatic heterocycles. The second-order valence-corrected chi connectivity index (χ2v) is 4.30. The molecule has 1 aromatic rings. The summed E-state index contributed by atoms with van der Waals surface area (Å²) in [5, 5.41) is 3.86. The summed E-state index contributed by atoms with van der Waals surface area (Å²) in [7, 11) is 0. The van der Waals surface area contributed by atoms with Crippen molar-refractivity contribution in [1.82, 2.24) is 9.59 Å². The summed E-state index contributed by atoms with van der Waals surface area (Å²) in [6, 6.07) is 0. The van der Waals surface area contributed by atoms with Crippen molar-refractivity contribution in [2.45, 2.75) is 5.75 Å². The average molecular weight is 210 g/mol. The van der Waals surface area contributed by atoms with Crippen molar-refractivity contribution in [1.29, 1.82) is 0 Å². The monoisotopic (exact) mass is 209 g/mol. The Hall–Kier alpha value is 0.160. The van der Waals surface area contributed by atoms with Crippen LogP contribution in [0.4, 0.5) is 0 Å². The SMILES string of the molecule is NCCSCc1nnsc1Cl. The third kappa shape index (κ3) is 2.94. The third-order valence-electron chi connectivity index (χ3n) is 1.01. The molecular formula is C5H8ClN3S2. The molecule has 0 saturated heterocycles. The summed E-state index contributed by atoms with van der Waals surface area (Å²) < 4.78 is 4.40. The highest BCUT2D eigenvalue weighted by molar-refractivity contribution is 7.98. The fourth-order valence-electron chi connectivity index (χ4n) is 0.535. The van der Waals surface area contributed by atoms with Gasteiger partial charge in [-0.3, -0.25) is 0 Å². The van der Waals surface area contributed by atoms with Crippen LogP contribution in [0.2, 0.25) is 4.34 Å². The van der Waals surface area contributed by atoms with E-state index in [0.717, 1.165) is 17.2 Å². The molecular weight excluding hydrogens is 202 g/mol. The maximum absolute atomic E-state index is 5.77. The zero-order chi connectivity index (χ0) is 8.10. The fourth-order valence-corrected chi connectivity index (χ4v) is 2.04. The minimum atomic E-state index is 0.689. The van der Waals surface area contributed by atoms with Gasteiger partial charge in [-0.1, -0.05) is 16.1 Å². The molecule has 0 aromatic carbocycles. The van der Waals surface area contributed by atoms with E-state index in [0.29, 0.717) is 10.9 Å². The van der Waals surface area contributed by atoms with Crippen LogP contribution < -0.4 is 5.73 Å². The molecule has 0 aliphatic heterocycles. The maximum Gasteiger partial charge on any atom is 0.138 e. The zero-order valence-electron chi connectivity index (χ0n) is 5.79. The molecule has 0 amide bonds. The molecule has 11 heavy (non-hydrogen) atoms. The van der Waals surface area contributed by atoms with E-state index < -0.39 is 0 Å². The number of halogens is 1. The minimum absolute atomic E-state index is 0.689. The van der Waals surface area contributed by atoms with Crippen molar-refractivity contribution >= 4 is 34.9 Å². The Morgan fingerprint density at radius 1 is 1.64 bits per heavy atom. The van der Waals surface area contributed by atoms with Gasteiger partial charge in [0.05, 0.1) is 0 Å². The van der Waals surface area contributed by atoms with Gasteiger partial charge < -0.3 is 5.73 Å². The van der Waals surface area contributed by atoms with Crippen molar-refractivity contribution in [3.8, 4) is 0 Å². The van der Waals surface area contributed by atoms with Gasteiger partial charge in [-0.2, -0.15) is 11.8 Å². The summed E-state index contributed by atoms with van der Waals surface area (Å²) in [5.74, 6) is 1.75. The van der Waals surface area contributed by atoms with Crippen LogP contribution >= 0.6 is 34.9 Å². The first-order valence-corrected chi connectivity index (χ1v) is 5.39. The Kier molecular flexibility index (Phi) is 4.14. The summed E-state index contributed by atoms with van der Waals surface area (Å²) >= 11 is 8.71. The summed E-state index contributed by atoms with van der Waals surface area (Å²) in [6.07, 6.45) is 0. The van der Waals surface area contributed by atoms with Crippen LogP contribution in [-0.2, 0) is 5.75 Å². The van der Waals surface area contributed by atoms with Crippen molar-refractivity contribution in [2.24, 2.45) is 5.73 Å². The van der Waals surface area contributed by atoms with Gasteiger partial charge in [-0.05, 0) is 0 Å². The van der Waals surface area contributed by atoms with Crippen LogP contribution in [-0.4, -0.2) is 21.9 Å². The first-order chi connectivity index (χ1) is 5.34. The molecule has 1 heterocycles. The van der Waals surface area contributed by atoms with E-state index in [9.17, 15) is 0 Å². The standard InChI is InChI=1S/C5H8ClN3S2/c6-5-4(8-9-11-5)3-10-2-1-7/h1-3,7H2. The first-order valence-electron chi connectivity index (χ1n) is 3.09. The van der Waals surface area contributed by atoms with E-state index in [1.807, 2.05) is 0 Å². The molecule has 0 fully saturated rings. The maximum atomic E-state index is 5.77. The normalized spacial score (nSPS) is 10.4. The lowest BCUT2D eigenvalue weighted by Gasteiger charge is -1.94. The smallest absolute Gasteiger partial charge is 0.138 e. The van der Waals surface area contributed by atoms with Gasteiger partial charge in [0.15, 0.2) is 0 Å². The lowest BCUT2D eigenvalue weighted by molar-refractivity contribution is 1.07. The second kappa shape index (κ2) is 4.92. The van der Waals surface area contributed by atoms with Gasteiger partial charge in [0.25, 0.3) is 0 Å². The predicted octanol–water partition coefficient (Wildman–Crippen LogP) is 1.38. The van der Waals surface area contributed by atoms with Crippen molar-refractivity contribution in [3.63, 3.8) is 0 Å². The van der Waals surface area contributed by atoms with Gasteiger partial charge in [-0.25, -0.2) is 0 Å². The number of nitrogens with two attached hydrogens (primary N) is 1. The molecule has 62 valence electrons. The molecule has 1 rings (SSSR count). The van der Waals surface area contributed by atoms with E-state index in [1.165, 1.54) is 11.5 Å². The Morgan fingerprint density at radius 3 is 3.00 bits per heavy atom. The van der Waals surface area contributed by atoms with Crippen LogP contribution in [0.5, 0.6) is 0 Å². The van der Waals surface area contributed by atoms with E-state index in [-0.39, 0.29) is 0 Å². The largest absolute Gasteiger partial charge is 0.330 e. The van der Waals surface area contributed by atoms with Gasteiger partial charge in [0.1, 0.15) is 10.0 Å². The molecule has 0 atom stereocenters. The number of hydrogen-bond acceptors (Lipinski definition) is 5. The molecule has 0 radical (unpaired) electrons. The molecule has 3 nitrogen and oxygen atoms in total. The van der Waals surface area contributed by atoms with Crippen molar-refractivity contribution in [2.75, 3.05) is 12.3 Å². The Bertz CT molecular complexity index is 215. The molecule has 0 spiro atoms. The van der Waals surface area contributed by atoms with Gasteiger partial charge >= 0.3 is 0 Å². The average Bonchev–Trinajstić information content (AvgIpc) is 2.37. The van der Waals surface area contributed by atoms with Gasteiger partial charge in [-0.15, -0.1) is 5.10 Å². The highest BCUT2D eigenvalue weighted by atomic mass is 35.5. The van der Waals surface area contributed by atoms with Crippen LogP contribution in [0.1, 0.15) is 5.69 Å². The predicted molar refractivity (Wildman–Crippen MR) is 50.1 cm³/mol. The van der Waals surface area contributed by atoms with Crippen LogP contribution in [0.15, 0.2) is 0 Å². The van der Waals surface area contributed by atoms with E-state index in [4.69, 9.17) is 17.3 Å². The Labute approximate surface area is 78.5 Å². The summed E-state index contributed by atoms with van der Waals surface area (Å²) in [5.41, 5.74) is 6.19. The van der Waals surface area contributed by atoms with Crippen LogP contribution in [0.3, 0.4) is 0 Å². The minimum Gasteiger partial charge on any atom is -0.330 e. The van der Waals surface area contributed by atoms with Crippen molar-refractivity contribution in [3.05, 3.63) is 10.0 Å². The molecule has 2 N–H and O–H groups in total. The quantitative estimate of drug-likeness (QED) is 0.762. The van der Waals surface area contributed by atoms with E-state index >= 15 is 0 Å². The highest BCUT2D eigenvalue weighted by Crippen LogP contribution is 2.21. The molecule has 0 saturated carbocycles. The summed E-state index contributed by atoms with van der Waals surface area (Å²) in [6.45, 7) is 0.694. The molecule has 6 heteroatoms. The first kappa shape index (κ1) is 9.25. The fraction of sp³-hybridized carbons (Fsp3) is 0.600. The summed E-state index contributed by atoms with van der Waals surface area (Å²) in [4.78, 5) is 0. The Balaban J connectivity index is 2.32. The molecule has 0 aliphatic rings.